The first-order chi connectivity index (χ1) is 3.93. The molecule has 1 radical (unpaired) electrons. The molecule has 0 aromatic heterocycles. The van der Waals surface area contributed by atoms with E-state index >= 15 is 0 Å². The summed E-state index contributed by atoms with van der Waals surface area (Å²) in [6.45, 7) is 2.16. The van der Waals surface area contributed by atoms with Crippen molar-refractivity contribution in [3.05, 3.63) is 35.9 Å². The maximum absolute atomic E-state index is 2.16. The third-order valence-corrected chi connectivity index (χ3v) is 1.25. The first-order valence-corrected chi connectivity index (χ1v) is 2.97. The SMILES string of the molecule is CCc1ccccc1.[Li]. The van der Waals surface area contributed by atoms with E-state index in [0.29, 0.717) is 0 Å². The van der Waals surface area contributed by atoms with Gasteiger partial charge in [0.2, 0.25) is 0 Å². The number of rotatable bonds is 1. The van der Waals surface area contributed by atoms with Crippen LogP contribution in [0, 0.1) is 0 Å². The molecule has 0 nitrogen and oxygen atoms in total. The van der Waals surface area contributed by atoms with Crippen molar-refractivity contribution < 1.29 is 0 Å². The Morgan fingerprint density at radius 2 is 1.67 bits per heavy atom. The van der Waals surface area contributed by atoms with Gasteiger partial charge < -0.3 is 0 Å². The third kappa shape index (κ3) is 2.74. The molecule has 0 saturated heterocycles. The van der Waals surface area contributed by atoms with E-state index in [2.05, 4.69) is 31.2 Å². The standard InChI is InChI=1S/C8H10.Li/c1-2-8-6-4-3-5-7-8;/h3-7H,2H2,1H3;. The fourth-order valence-electron chi connectivity index (χ4n) is 0.714. The van der Waals surface area contributed by atoms with Crippen LogP contribution in [-0.4, -0.2) is 18.9 Å². The molecule has 0 unspecified atom stereocenters. The Bertz CT molecular complexity index is 146. The molecule has 43 valence electrons. The van der Waals surface area contributed by atoms with Crippen LogP contribution in [0.3, 0.4) is 0 Å². The van der Waals surface area contributed by atoms with Gasteiger partial charge in [-0.05, 0) is 12.0 Å². The summed E-state index contributed by atoms with van der Waals surface area (Å²) in [5.41, 5.74) is 1.41. The second kappa shape index (κ2) is 4.67. The Balaban J connectivity index is 0.000000640. The van der Waals surface area contributed by atoms with Crippen LogP contribution >= 0.6 is 0 Å². The van der Waals surface area contributed by atoms with Crippen LogP contribution in [0.15, 0.2) is 30.3 Å². The zero-order chi connectivity index (χ0) is 5.82. The Morgan fingerprint density at radius 3 is 2.00 bits per heavy atom. The van der Waals surface area contributed by atoms with Crippen molar-refractivity contribution in [1.82, 2.24) is 0 Å². The molecule has 0 atom stereocenters. The molecular weight excluding hydrogens is 103 g/mol. The van der Waals surface area contributed by atoms with E-state index in [1.807, 2.05) is 6.07 Å². The summed E-state index contributed by atoms with van der Waals surface area (Å²) in [4.78, 5) is 0. The second-order valence-electron chi connectivity index (χ2n) is 1.84. The molecule has 0 heterocycles. The quantitative estimate of drug-likeness (QED) is 0.488. The first kappa shape index (κ1) is 8.82. The van der Waals surface area contributed by atoms with E-state index in [4.69, 9.17) is 0 Å². The van der Waals surface area contributed by atoms with E-state index in [1.165, 1.54) is 5.56 Å². The Morgan fingerprint density at radius 1 is 1.11 bits per heavy atom. The second-order valence-corrected chi connectivity index (χ2v) is 1.84. The van der Waals surface area contributed by atoms with Crippen LogP contribution in [0.1, 0.15) is 12.5 Å². The molecule has 0 spiro atoms. The average molecular weight is 113 g/mol. The fraction of sp³-hybridized carbons (Fsp3) is 0.250. The molecule has 1 heteroatoms. The minimum atomic E-state index is 0. The van der Waals surface area contributed by atoms with Gasteiger partial charge in [-0.15, -0.1) is 0 Å². The monoisotopic (exact) mass is 113 g/mol. The number of benzene rings is 1. The van der Waals surface area contributed by atoms with E-state index < -0.39 is 0 Å². The van der Waals surface area contributed by atoms with Gasteiger partial charge in [0.15, 0.2) is 0 Å². The molecule has 0 amide bonds. The molecule has 0 aliphatic rings. The van der Waals surface area contributed by atoms with Gasteiger partial charge in [-0.3, -0.25) is 0 Å². The Kier molecular flexibility index (Phi) is 4.58. The van der Waals surface area contributed by atoms with Crippen molar-refractivity contribution in [2.75, 3.05) is 0 Å². The van der Waals surface area contributed by atoms with E-state index in [0.717, 1.165) is 6.42 Å². The predicted octanol–water partition coefficient (Wildman–Crippen LogP) is 1.87. The average Bonchev–Trinajstić information content (AvgIpc) is 1.90. The minimum Gasteiger partial charge on any atom is -0.0622 e. The molecule has 0 aliphatic carbocycles. The number of hydrogen-bond donors (Lipinski definition) is 0. The maximum Gasteiger partial charge on any atom is 0 e. The molecule has 0 N–H and O–H groups in total. The van der Waals surface area contributed by atoms with Gasteiger partial charge in [-0.2, -0.15) is 0 Å². The summed E-state index contributed by atoms with van der Waals surface area (Å²) < 4.78 is 0. The fourth-order valence-corrected chi connectivity index (χ4v) is 0.714. The van der Waals surface area contributed by atoms with E-state index in [9.17, 15) is 0 Å². The summed E-state index contributed by atoms with van der Waals surface area (Å²) in [7, 11) is 0. The Labute approximate surface area is 68.5 Å². The summed E-state index contributed by atoms with van der Waals surface area (Å²) in [6.07, 6.45) is 1.14. The van der Waals surface area contributed by atoms with Crippen LogP contribution < -0.4 is 0 Å². The van der Waals surface area contributed by atoms with Crippen molar-refractivity contribution in [2.45, 2.75) is 13.3 Å². The van der Waals surface area contributed by atoms with Crippen molar-refractivity contribution in [3.8, 4) is 0 Å². The van der Waals surface area contributed by atoms with Crippen molar-refractivity contribution >= 4 is 18.9 Å². The van der Waals surface area contributed by atoms with Gasteiger partial charge in [0.1, 0.15) is 0 Å². The van der Waals surface area contributed by atoms with E-state index in [1.54, 1.807) is 0 Å². The van der Waals surface area contributed by atoms with Crippen molar-refractivity contribution in [2.24, 2.45) is 0 Å². The van der Waals surface area contributed by atoms with Crippen LogP contribution in [0.5, 0.6) is 0 Å². The van der Waals surface area contributed by atoms with Crippen LogP contribution in [0.25, 0.3) is 0 Å². The molecule has 0 saturated carbocycles. The van der Waals surface area contributed by atoms with Gasteiger partial charge in [-0.1, -0.05) is 37.3 Å². The summed E-state index contributed by atoms with van der Waals surface area (Å²) in [6, 6.07) is 10.5. The van der Waals surface area contributed by atoms with Gasteiger partial charge >= 0.3 is 0 Å². The van der Waals surface area contributed by atoms with Crippen molar-refractivity contribution in [3.63, 3.8) is 0 Å². The smallest absolute Gasteiger partial charge is 0 e. The zero-order valence-electron chi connectivity index (χ0n) is 6.09. The normalized spacial score (nSPS) is 8.11. The summed E-state index contributed by atoms with van der Waals surface area (Å²) >= 11 is 0. The molecule has 0 aliphatic heterocycles. The van der Waals surface area contributed by atoms with E-state index in [-0.39, 0.29) is 18.9 Å². The van der Waals surface area contributed by atoms with Crippen LogP contribution in [-0.2, 0) is 6.42 Å². The molecule has 1 rings (SSSR count). The molecule has 9 heavy (non-hydrogen) atoms. The molecule has 1 aromatic carbocycles. The number of aryl methyl sites for hydroxylation is 1. The first-order valence-electron chi connectivity index (χ1n) is 2.97. The van der Waals surface area contributed by atoms with Crippen molar-refractivity contribution in [1.29, 1.82) is 0 Å². The largest absolute Gasteiger partial charge is 0.0622 e. The summed E-state index contributed by atoms with van der Waals surface area (Å²) in [5.74, 6) is 0. The number of hydrogen-bond acceptors (Lipinski definition) is 0. The maximum atomic E-state index is 2.16. The minimum absolute atomic E-state index is 0. The summed E-state index contributed by atoms with van der Waals surface area (Å²) in [5, 5.41) is 0. The van der Waals surface area contributed by atoms with Gasteiger partial charge in [0, 0.05) is 18.9 Å². The topological polar surface area (TPSA) is 0 Å². The predicted molar refractivity (Wildman–Crippen MR) is 41.6 cm³/mol. The zero-order valence-corrected chi connectivity index (χ0v) is 6.09. The van der Waals surface area contributed by atoms with Gasteiger partial charge in [0.25, 0.3) is 0 Å². The third-order valence-electron chi connectivity index (χ3n) is 1.25. The van der Waals surface area contributed by atoms with Crippen LogP contribution in [0.4, 0.5) is 0 Å². The Hall–Kier alpha value is -0.183. The van der Waals surface area contributed by atoms with Gasteiger partial charge in [-0.25, -0.2) is 0 Å². The van der Waals surface area contributed by atoms with Crippen LogP contribution in [0.2, 0.25) is 0 Å². The molecule has 0 bridgehead atoms. The molecular formula is C8H10Li. The van der Waals surface area contributed by atoms with Gasteiger partial charge in [0.05, 0.1) is 0 Å². The molecule has 0 fully saturated rings. The molecule has 1 aromatic rings.